The van der Waals surface area contributed by atoms with Gasteiger partial charge in [0.1, 0.15) is 5.41 Å². The van der Waals surface area contributed by atoms with Gasteiger partial charge >= 0.3 is 5.97 Å². The maximum absolute atomic E-state index is 12.3. The average Bonchev–Trinajstić information content (AvgIpc) is 3.02. The van der Waals surface area contributed by atoms with E-state index in [1.807, 2.05) is 0 Å². The van der Waals surface area contributed by atoms with Crippen LogP contribution < -0.4 is 0 Å². The number of methoxy groups -OCH3 is 1. The lowest BCUT2D eigenvalue weighted by molar-refractivity contribution is -0.147. The van der Waals surface area contributed by atoms with E-state index in [4.69, 9.17) is 9.47 Å². The quantitative estimate of drug-likeness (QED) is 0.666. The first-order valence-electron chi connectivity index (χ1n) is 6.86. The Bertz CT molecular complexity index is 502. The van der Waals surface area contributed by atoms with Crippen LogP contribution in [0.25, 0.3) is 0 Å². The Labute approximate surface area is 107 Å². The second kappa shape index (κ2) is 3.27. The highest BCUT2D eigenvalue weighted by molar-refractivity contribution is 5.92. The van der Waals surface area contributed by atoms with Crippen LogP contribution in [-0.4, -0.2) is 26.3 Å². The van der Waals surface area contributed by atoms with Crippen molar-refractivity contribution in [1.82, 2.24) is 0 Å². The molecule has 18 heavy (non-hydrogen) atoms. The zero-order valence-electron chi connectivity index (χ0n) is 10.8. The molecule has 0 bridgehead atoms. The molecule has 3 nitrogen and oxygen atoms in total. The highest BCUT2D eigenvalue weighted by Crippen LogP contribution is 2.79. The lowest BCUT2D eigenvalue weighted by Gasteiger charge is -2.26. The van der Waals surface area contributed by atoms with Gasteiger partial charge < -0.3 is 9.47 Å². The second-order valence-corrected chi connectivity index (χ2v) is 5.93. The summed E-state index contributed by atoms with van der Waals surface area (Å²) < 4.78 is 10.8. The predicted octanol–water partition coefficient (Wildman–Crippen LogP) is 2.38. The van der Waals surface area contributed by atoms with E-state index in [2.05, 4.69) is 6.08 Å². The molecule has 3 heteroatoms. The maximum Gasteiger partial charge on any atom is 0.317 e. The number of rotatable bonds is 1. The molecular weight excluding hydrogens is 228 g/mol. The zero-order valence-corrected chi connectivity index (χ0v) is 10.8. The first-order valence-corrected chi connectivity index (χ1v) is 6.86. The molecule has 0 radical (unpaired) electrons. The molecule has 0 aromatic heterocycles. The van der Waals surface area contributed by atoms with Gasteiger partial charge in [0, 0.05) is 5.41 Å². The van der Waals surface area contributed by atoms with Crippen molar-refractivity contribution in [3.8, 4) is 0 Å². The van der Waals surface area contributed by atoms with Crippen LogP contribution in [0, 0.1) is 10.8 Å². The van der Waals surface area contributed by atoms with E-state index in [9.17, 15) is 4.79 Å². The molecule has 1 saturated carbocycles. The molecule has 2 fully saturated rings. The van der Waals surface area contributed by atoms with Crippen molar-refractivity contribution in [3.05, 3.63) is 22.8 Å². The van der Waals surface area contributed by atoms with E-state index in [-0.39, 0.29) is 16.8 Å². The number of hydrogen-bond acceptors (Lipinski definition) is 3. The van der Waals surface area contributed by atoms with Gasteiger partial charge in [0.2, 0.25) is 0 Å². The summed E-state index contributed by atoms with van der Waals surface area (Å²) in [5, 5.41) is 0. The molecule has 1 heterocycles. The molecule has 0 aromatic rings. The Balaban J connectivity index is 1.90. The second-order valence-electron chi connectivity index (χ2n) is 5.93. The molecule has 1 spiro atoms. The molecule has 4 aliphatic rings. The van der Waals surface area contributed by atoms with Gasteiger partial charge in [-0.2, -0.15) is 0 Å². The normalized spacial score (nSPS) is 40.6. The van der Waals surface area contributed by atoms with Crippen molar-refractivity contribution in [3.63, 3.8) is 0 Å². The number of carbonyl (C=O) groups is 1. The Morgan fingerprint density at radius 3 is 3.17 bits per heavy atom. The SMILES string of the molecule is COC(=O)[C@@]12C[C@@]13COCCC3=C1CCCC=C12. The van der Waals surface area contributed by atoms with Gasteiger partial charge in [0.15, 0.2) is 0 Å². The Morgan fingerprint density at radius 2 is 2.33 bits per heavy atom. The number of hydrogen-bond donors (Lipinski definition) is 0. The first-order chi connectivity index (χ1) is 8.76. The Kier molecular flexibility index (Phi) is 1.96. The third-order valence-electron chi connectivity index (χ3n) is 5.34. The van der Waals surface area contributed by atoms with E-state index in [1.54, 1.807) is 0 Å². The fraction of sp³-hybridized carbons (Fsp3) is 0.667. The fourth-order valence-electron chi connectivity index (χ4n) is 4.57. The van der Waals surface area contributed by atoms with Crippen molar-refractivity contribution in [2.75, 3.05) is 20.3 Å². The van der Waals surface area contributed by atoms with Crippen molar-refractivity contribution in [1.29, 1.82) is 0 Å². The topological polar surface area (TPSA) is 35.5 Å². The smallest absolute Gasteiger partial charge is 0.317 e. The molecule has 2 atom stereocenters. The summed E-state index contributed by atoms with van der Waals surface area (Å²) in [5.41, 5.74) is 3.89. The number of carbonyl (C=O) groups excluding carboxylic acids is 1. The standard InChI is InChI=1S/C15H18O3/c1-17-13(16)15-8-14(15)9-18-7-6-11(14)10-4-2-3-5-12(10)15/h5H,2-4,6-9H2,1H3/t14-,15-/m0/s1. The Hall–Kier alpha value is -1.09. The third kappa shape index (κ3) is 0.957. The van der Waals surface area contributed by atoms with Gasteiger partial charge in [-0.1, -0.05) is 11.6 Å². The summed E-state index contributed by atoms with van der Waals surface area (Å²) in [6.45, 7) is 1.52. The van der Waals surface area contributed by atoms with Gasteiger partial charge in [-0.3, -0.25) is 4.79 Å². The summed E-state index contributed by atoms with van der Waals surface area (Å²) in [5.74, 6) is -0.0475. The molecule has 3 aliphatic carbocycles. The minimum Gasteiger partial charge on any atom is -0.468 e. The van der Waals surface area contributed by atoms with Crippen LogP contribution in [0.3, 0.4) is 0 Å². The van der Waals surface area contributed by atoms with Crippen molar-refractivity contribution >= 4 is 5.97 Å². The Morgan fingerprint density at radius 1 is 1.44 bits per heavy atom. The minimum atomic E-state index is -0.368. The van der Waals surface area contributed by atoms with Crippen LogP contribution in [0.1, 0.15) is 32.1 Å². The van der Waals surface area contributed by atoms with Gasteiger partial charge in [-0.25, -0.2) is 0 Å². The number of esters is 1. The molecule has 0 aromatic carbocycles. The summed E-state index contributed by atoms with van der Waals surface area (Å²) in [4.78, 5) is 12.3. The van der Waals surface area contributed by atoms with Gasteiger partial charge in [-0.15, -0.1) is 0 Å². The summed E-state index contributed by atoms with van der Waals surface area (Å²) in [6.07, 6.45) is 7.67. The van der Waals surface area contributed by atoms with Gasteiger partial charge in [-0.05, 0) is 43.3 Å². The minimum absolute atomic E-state index is 0.0240. The number of ether oxygens (including phenoxy) is 2. The lowest BCUT2D eigenvalue weighted by Crippen LogP contribution is -2.30. The highest BCUT2D eigenvalue weighted by Gasteiger charge is 2.80. The van der Waals surface area contributed by atoms with Crippen molar-refractivity contribution < 1.29 is 14.3 Å². The van der Waals surface area contributed by atoms with Crippen LogP contribution in [0.4, 0.5) is 0 Å². The predicted molar refractivity (Wildman–Crippen MR) is 65.9 cm³/mol. The molecule has 96 valence electrons. The maximum atomic E-state index is 12.3. The fourth-order valence-corrected chi connectivity index (χ4v) is 4.57. The summed E-state index contributed by atoms with van der Waals surface area (Å²) in [6, 6.07) is 0. The van der Waals surface area contributed by atoms with Crippen molar-refractivity contribution in [2.45, 2.75) is 32.1 Å². The van der Waals surface area contributed by atoms with Crippen LogP contribution in [0.15, 0.2) is 22.8 Å². The largest absolute Gasteiger partial charge is 0.468 e. The summed E-state index contributed by atoms with van der Waals surface area (Å²) >= 11 is 0. The monoisotopic (exact) mass is 246 g/mol. The molecule has 0 N–H and O–H groups in total. The highest BCUT2D eigenvalue weighted by atomic mass is 16.5. The lowest BCUT2D eigenvalue weighted by atomic mass is 9.85. The van der Waals surface area contributed by atoms with Crippen molar-refractivity contribution in [2.24, 2.45) is 10.8 Å². The first kappa shape index (κ1) is 10.8. The molecule has 1 saturated heterocycles. The van der Waals surface area contributed by atoms with E-state index in [1.165, 1.54) is 30.2 Å². The molecular formula is C15H18O3. The van der Waals surface area contributed by atoms with Crippen LogP contribution in [-0.2, 0) is 14.3 Å². The van der Waals surface area contributed by atoms with Crippen LogP contribution >= 0.6 is 0 Å². The van der Waals surface area contributed by atoms with Crippen LogP contribution in [0.2, 0.25) is 0 Å². The van der Waals surface area contributed by atoms with E-state index >= 15 is 0 Å². The van der Waals surface area contributed by atoms with Gasteiger partial charge in [0.05, 0.1) is 20.3 Å². The molecule has 1 aliphatic heterocycles. The van der Waals surface area contributed by atoms with Crippen LogP contribution in [0.5, 0.6) is 0 Å². The average molecular weight is 246 g/mol. The molecule has 0 amide bonds. The van der Waals surface area contributed by atoms with E-state index in [0.29, 0.717) is 6.61 Å². The number of fused-ring (bicyclic) bond motifs is 2. The van der Waals surface area contributed by atoms with E-state index < -0.39 is 0 Å². The molecule has 0 unspecified atom stereocenters. The summed E-state index contributed by atoms with van der Waals surface area (Å²) in [7, 11) is 1.51. The van der Waals surface area contributed by atoms with E-state index in [0.717, 1.165) is 32.3 Å². The third-order valence-corrected chi connectivity index (χ3v) is 5.34. The number of allylic oxidation sites excluding steroid dienone is 2. The zero-order chi connectivity index (χ0) is 12.4. The van der Waals surface area contributed by atoms with Gasteiger partial charge in [0.25, 0.3) is 0 Å². The molecule has 4 rings (SSSR count).